The van der Waals surface area contributed by atoms with Crippen molar-refractivity contribution >= 4 is 5.91 Å². The quantitative estimate of drug-likeness (QED) is 0.890. The first-order chi connectivity index (χ1) is 10.6. The van der Waals surface area contributed by atoms with Crippen molar-refractivity contribution in [2.75, 3.05) is 13.2 Å². The van der Waals surface area contributed by atoms with Crippen LogP contribution in [0.4, 0.5) is 4.39 Å². The van der Waals surface area contributed by atoms with E-state index in [9.17, 15) is 9.18 Å². The Bertz CT molecular complexity index is 655. The van der Waals surface area contributed by atoms with Gasteiger partial charge in [0.2, 0.25) is 0 Å². The Kier molecular flexibility index (Phi) is 5.53. The lowest BCUT2D eigenvalue weighted by Crippen LogP contribution is -2.30. The Morgan fingerprint density at radius 3 is 2.73 bits per heavy atom. The SMILES string of the molecule is Cc1ccc(C)c(OCC(=O)NCCc2ccccc2F)c1. The molecule has 4 heteroatoms. The zero-order valence-electron chi connectivity index (χ0n) is 12.9. The first-order valence-electron chi connectivity index (χ1n) is 7.26. The van der Waals surface area contributed by atoms with Crippen molar-refractivity contribution in [2.45, 2.75) is 20.3 Å². The fourth-order valence-corrected chi connectivity index (χ4v) is 2.09. The molecule has 0 bridgehead atoms. The molecule has 2 aromatic rings. The van der Waals surface area contributed by atoms with Gasteiger partial charge in [0.25, 0.3) is 5.91 Å². The van der Waals surface area contributed by atoms with Gasteiger partial charge in [0.15, 0.2) is 6.61 Å². The number of carbonyl (C=O) groups excluding carboxylic acids is 1. The summed E-state index contributed by atoms with van der Waals surface area (Å²) >= 11 is 0. The molecule has 0 atom stereocenters. The molecule has 1 amide bonds. The summed E-state index contributed by atoms with van der Waals surface area (Å²) in [6, 6.07) is 12.4. The van der Waals surface area contributed by atoms with E-state index < -0.39 is 0 Å². The maximum Gasteiger partial charge on any atom is 0.257 e. The standard InChI is InChI=1S/C18H20FNO2/c1-13-7-8-14(2)17(11-13)22-12-18(21)20-10-9-15-5-3-4-6-16(15)19/h3-8,11H,9-10,12H2,1-2H3,(H,20,21). The van der Waals surface area contributed by atoms with Gasteiger partial charge in [-0.15, -0.1) is 0 Å². The topological polar surface area (TPSA) is 38.3 Å². The summed E-state index contributed by atoms with van der Waals surface area (Å²) in [7, 11) is 0. The summed E-state index contributed by atoms with van der Waals surface area (Å²) in [5.41, 5.74) is 2.67. The third-order valence-corrected chi connectivity index (χ3v) is 3.38. The predicted molar refractivity (Wildman–Crippen MR) is 84.5 cm³/mol. The fraction of sp³-hybridized carbons (Fsp3) is 0.278. The molecule has 0 fully saturated rings. The van der Waals surface area contributed by atoms with Gasteiger partial charge in [-0.1, -0.05) is 30.3 Å². The van der Waals surface area contributed by atoms with E-state index >= 15 is 0 Å². The van der Waals surface area contributed by atoms with E-state index in [2.05, 4.69) is 5.32 Å². The number of nitrogens with one attached hydrogen (secondary N) is 1. The average molecular weight is 301 g/mol. The number of aryl methyl sites for hydroxylation is 2. The summed E-state index contributed by atoms with van der Waals surface area (Å²) in [6.07, 6.45) is 0.460. The van der Waals surface area contributed by atoms with Crippen LogP contribution in [-0.2, 0) is 11.2 Å². The zero-order chi connectivity index (χ0) is 15.9. The molecule has 0 aliphatic heterocycles. The summed E-state index contributed by atoms with van der Waals surface area (Å²) in [6.45, 7) is 4.25. The van der Waals surface area contributed by atoms with Crippen LogP contribution in [0.5, 0.6) is 5.75 Å². The monoisotopic (exact) mass is 301 g/mol. The van der Waals surface area contributed by atoms with E-state index in [4.69, 9.17) is 4.74 Å². The molecule has 0 aliphatic rings. The largest absolute Gasteiger partial charge is 0.483 e. The maximum atomic E-state index is 13.4. The number of amides is 1. The summed E-state index contributed by atoms with van der Waals surface area (Å²) in [4.78, 5) is 11.8. The number of hydrogen-bond acceptors (Lipinski definition) is 2. The summed E-state index contributed by atoms with van der Waals surface area (Å²) < 4.78 is 18.9. The molecule has 0 saturated heterocycles. The summed E-state index contributed by atoms with van der Waals surface area (Å²) in [5, 5.41) is 2.73. The molecule has 2 rings (SSSR count). The van der Waals surface area contributed by atoms with Crippen LogP contribution in [0.25, 0.3) is 0 Å². The number of benzene rings is 2. The lowest BCUT2D eigenvalue weighted by atomic mass is 10.1. The highest BCUT2D eigenvalue weighted by Crippen LogP contribution is 2.18. The van der Waals surface area contributed by atoms with Crippen LogP contribution in [-0.4, -0.2) is 19.1 Å². The van der Waals surface area contributed by atoms with Crippen LogP contribution >= 0.6 is 0 Å². The van der Waals surface area contributed by atoms with Gasteiger partial charge < -0.3 is 10.1 Å². The van der Waals surface area contributed by atoms with Crippen LogP contribution in [0.15, 0.2) is 42.5 Å². The first-order valence-corrected chi connectivity index (χ1v) is 7.26. The lowest BCUT2D eigenvalue weighted by molar-refractivity contribution is -0.123. The lowest BCUT2D eigenvalue weighted by Gasteiger charge is -2.10. The highest BCUT2D eigenvalue weighted by atomic mass is 19.1. The van der Waals surface area contributed by atoms with Gasteiger partial charge >= 0.3 is 0 Å². The molecule has 1 N–H and O–H groups in total. The van der Waals surface area contributed by atoms with Gasteiger partial charge in [0.05, 0.1) is 0 Å². The van der Waals surface area contributed by atoms with Gasteiger partial charge in [0, 0.05) is 6.54 Å². The highest BCUT2D eigenvalue weighted by Gasteiger charge is 2.06. The van der Waals surface area contributed by atoms with Crippen molar-refractivity contribution in [3.63, 3.8) is 0 Å². The van der Waals surface area contributed by atoms with Crippen LogP contribution in [0, 0.1) is 19.7 Å². The molecule has 3 nitrogen and oxygen atoms in total. The smallest absolute Gasteiger partial charge is 0.257 e. The minimum atomic E-state index is -0.247. The van der Waals surface area contributed by atoms with Crippen molar-refractivity contribution in [2.24, 2.45) is 0 Å². The molecule has 2 aromatic carbocycles. The second-order valence-electron chi connectivity index (χ2n) is 5.25. The van der Waals surface area contributed by atoms with E-state index in [1.807, 2.05) is 32.0 Å². The molecule has 0 saturated carbocycles. The minimum Gasteiger partial charge on any atom is -0.483 e. The molecular weight excluding hydrogens is 281 g/mol. The van der Waals surface area contributed by atoms with E-state index in [1.165, 1.54) is 6.07 Å². The fourth-order valence-electron chi connectivity index (χ4n) is 2.09. The number of hydrogen-bond donors (Lipinski definition) is 1. The maximum absolute atomic E-state index is 13.4. The van der Waals surface area contributed by atoms with Crippen molar-refractivity contribution in [3.05, 3.63) is 65.0 Å². The van der Waals surface area contributed by atoms with Gasteiger partial charge in [-0.05, 0) is 49.1 Å². The van der Waals surface area contributed by atoms with E-state index in [0.717, 1.165) is 11.1 Å². The number of rotatable bonds is 6. The highest BCUT2D eigenvalue weighted by molar-refractivity contribution is 5.77. The summed E-state index contributed by atoms with van der Waals surface area (Å²) in [5.74, 6) is 0.255. The Hall–Kier alpha value is -2.36. The number of carbonyl (C=O) groups is 1. The molecule has 0 spiro atoms. The Balaban J connectivity index is 1.76. The Labute approximate surface area is 130 Å². The zero-order valence-corrected chi connectivity index (χ0v) is 12.9. The van der Waals surface area contributed by atoms with Crippen LogP contribution in [0.1, 0.15) is 16.7 Å². The average Bonchev–Trinajstić information content (AvgIpc) is 2.50. The van der Waals surface area contributed by atoms with Gasteiger partial charge in [-0.25, -0.2) is 4.39 Å². The molecule has 0 unspecified atom stereocenters. The second-order valence-corrected chi connectivity index (χ2v) is 5.25. The van der Waals surface area contributed by atoms with Crippen molar-refractivity contribution in [1.29, 1.82) is 0 Å². The molecule has 116 valence electrons. The van der Waals surface area contributed by atoms with Gasteiger partial charge in [0.1, 0.15) is 11.6 Å². The van der Waals surface area contributed by atoms with E-state index in [-0.39, 0.29) is 18.3 Å². The van der Waals surface area contributed by atoms with Crippen molar-refractivity contribution < 1.29 is 13.9 Å². The third kappa shape index (κ3) is 4.58. The van der Waals surface area contributed by atoms with Gasteiger partial charge in [-0.2, -0.15) is 0 Å². The minimum absolute atomic E-state index is 0.0401. The first kappa shape index (κ1) is 16.0. The number of ether oxygens (including phenoxy) is 1. The second kappa shape index (κ2) is 7.59. The molecule has 22 heavy (non-hydrogen) atoms. The molecule has 0 aromatic heterocycles. The van der Waals surface area contributed by atoms with Crippen LogP contribution < -0.4 is 10.1 Å². The Morgan fingerprint density at radius 1 is 1.18 bits per heavy atom. The Morgan fingerprint density at radius 2 is 1.95 bits per heavy atom. The van der Waals surface area contributed by atoms with Crippen LogP contribution in [0.2, 0.25) is 0 Å². The van der Waals surface area contributed by atoms with Crippen LogP contribution in [0.3, 0.4) is 0 Å². The van der Waals surface area contributed by atoms with E-state index in [1.54, 1.807) is 18.2 Å². The number of halogens is 1. The molecule has 0 radical (unpaired) electrons. The van der Waals surface area contributed by atoms with E-state index in [0.29, 0.717) is 24.3 Å². The van der Waals surface area contributed by atoms with Crippen molar-refractivity contribution in [1.82, 2.24) is 5.32 Å². The van der Waals surface area contributed by atoms with Gasteiger partial charge in [-0.3, -0.25) is 4.79 Å². The predicted octanol–water partition coefficient (Wildman–Crippen LogP) is 3.18. The van der Waals surface area contributed by atoms with Crippen molar-refractivity contribution in [3.8, 4) is 5.75 Å². The normalized spacial score (nSPS) is 10.3. The molecule has 0 heterocycles. The molecule has 0 aliphatic carbocycles. The third-order valence-electron chi connectivity index (χ3n) is 3.38. The molecular formula is C18H20FNO2.